The predicted octanol–water partition coefficient (Wildman–Crippen LogP) is 7.10. The molecular formula is C30H27NOPS2+. The van der Waals surface area contributed by atoms with Crippen LogP contribution in [-0.4, -0.2) is 0 Å². The van der Waals surface area contributed by atoms with Gasteiger partial charge in [0.25, 0.3) is 0 Å². The van der Waals surface area contributed by atoms with Crippen LogP contribution in [0.15, 0.2) is 96.3 Å². The molecule has 5 heteroatoms. The fourth-order valence-corrected chi connectivity index (χ4v) is 11.4. The van der Waals surface area contributed by atoms with Crippen LogP contribution in [0, 0.1) is 0 Å². The molecule has 2 nitrogen and oxygen atoms in total. The molecule has 1 aliphatic rings. The highest BCUT2D eigenvalue weighted by atomic mass is 32.1. The number of hydrogen-bond donors (Lipinski definition) is 0. The highest BCUT2D eigenvalue weighted by Gasteiger charge is 2.47. The molecule has 0 fully saturated rings. The van der Waals surface area contributed by atoms with Gasteiger partial charge in [0.1, 0.15) is 0 Å². The number of allylic oxidation sites excluding steroid dienone is 1. The number of thiophene rings is 2. The smallest absolute Gasteiger partial charge is 0.214 e. The van der Waals surface area contributed by atoms with Crippen molar-refractivity contribution in [2.75, 3.05) is 0 Å². The molecule has 0 aliphatic carbocycles. The van der Waals surface area contributed by atoms with Crippen LogP contribution in [0.3, 0.4) is 0 Å². The van der Waals surface area contributed by atoms with Gasteiger partial charge >= 0.3 is 0 Å². The number of nitrogens with zero attached hydrogens (tertiary/aromatic N) is 1. The number of pyridine rings is 1. The van der Waals surface area contributed by atoms with Gasteiger partial charge in [-0.15, -0.1) is 22.7 Å². The monoisotopic (exact) mass is 512 g/mol. The van der Waals surface area contributed by atoms with Crippen molar-refractivity contribution in [2.45, 2.75) is 32.2 Å². The Bertz CT molecular complexity index is 1570. The first-order valence-corrected chi connectivity index (χ1v) is 15.5. The van der Waals surface area contributed by atoms with Gasteiger partial charge in [-0.3, -0.25) is 0 Å². The molecule has 1 aliphatic heterocycles. The highest BCUT2D eigenvalue weighted by Crippen LogP contribution is 2.49. The standard InChI is InChI=1S/C30H27NOPS2/c1-4-30(5-2)21(3)25-15-14-24(33(32,28-12-8-16-34-28)29-13-9-17-35-29)19-26(25)27-18-22-10-6-7-11-23(22)20-31(27)30/h6-20H,3-5H2,1-2H3/q+1. The molecule has 0 saturated heterocycles. The van der Waals surface area contributed by atoms with E-state index in [4.69, 9.17) is 0 Å². The molecule has 3 aromatic heterocycles. The lowest BCUT2D eigenvalue weighted by atomic mass is 9.75. The van der Waals surface area contributed by atoms with Crippen LogP contribution < -0.4 is 19.1 Å². The summed E-state index contributed by atoms with van der Waals surface area (Å²) >= 11 is 3.15. The van der Waals surface area contributed by atoms with Gasteiger partial charge in [-0.1, -0.05) is 62.9 Å². The average Bonchev–Trinajstić information content (AvgIpc) is 3.64. The Morgan fingerprint density at radius 3 is 2.09 bits per heavy atom. The lowest BCUT2D eigenvalue weighted by Crippen LogP contribution is -2.59. The highest BCUT2D eigenvalue weighted by molar-refractivity contribution is 7.92. The number of hydrogen-bond acceptors (Lipinski definition) is 3. The predicted molar refractivity (Wildman–Crippen MR) is 152 cm³/mol. The van der Waals surface area contributed by atoms with Crippen LogP contribution in [0.2, 0.25) is 0 Å². The van der Waals surface area contributed by atoms with Gasteiger partial charge in [0.15, 0.2) is 18.9 Å². The maximum absolute atomic E-state index is 14.9. The number of benzene rings is 2. The van der Waals surface area contributed by atoms with Crippen LogP contribution in [0.4, 0.5) is 0 Å². The molecule has 0 spiro atoms. The first kappa shape index (κ1) is 22.7. The first-order chi connectivity index (χ1) is 17.0. The molecule has 0 atom stereocenters. The Morgan fingerprint density at radius 2 is 1.49 bits per heavy atom. The SMILES string of the molecule is C=C1c2ccc(P(=O)(c3cccs3)c3cccs3)cc2-c2cc3ccccc3c[n+]2C1(CC)CC. The van der Waals surface area contributed by atoms with Crippen molar-refractivity contribution in [2.24, 2.45) is 0 Å². The molecule has 0 N–H and O–H groups in total. The lowest BCUT2D eigenvalue weighted by molar-refractivity contribution is -0.740. The van der Waals surface area contributed by atoms with E-state index >= 15 is 0 Å². The zero-order valence-corrected chi connectivity index (χ0v) is 22.4. The van der Waals surface area contributed by atoms with Gasteiger partial charge in [0, 0.05) is 35.2 Å². The third-order valence-electron chi connectivity index (χ3n) is 7.61. The first-order valence-electron chi connectivity index (χ1n) is 12.0. The molecule has 2 aromatic carbocycles. The molecule has 174 valence electrons. The Hall–Kier alpha value is -2.78. The van der Waals surface area contributed by atoms with Crippen molar-refractivity contribution in [3.05, 3.63) is 102 Å². The van der Waals surface area contributed by atoms with Gasteiger partial charge in [0.2, 0.25) is 5.69 Å². The zero-order chi connectivity index (χ0) is 24.2. The van der Waals surface area contributed by atoms with E-state index in [-0.39, 0.29) is 5.54 Å². The van der Waals surface area contributed by atoms with Gasteiger partial charge in [-0.05, 0) is 46.0 Å². The fraction of sp³-hybridized carbons (Fsp3) is 0.167. The number of rotatable bonds is 5. The quantitative estimate of drug-likeness (QED) is 0.182. The van der Waals surface area contributed by atoms with Gasteiger partial charge in [-0.2, -0.15) is 4.57 Å². The molecule has 5 aromatic rings. The maximum atomic E-state index is 14.9. The number of fused-ring (bicyclic) bond motifs is 4. The van der Waals surface area contributed by atoms with Crippen molar-refractivity contribution in [1.82, 2.24) is 0 Å². The zero-order valence-electron chi connectivity index (χ0n) is 19.9. The van der Waals surface area contributed by atoms with E-state index in [0.29, 0.717) is 0 Å². The minimum Gasteiger partial charge on any atom is -0.307 e. The molecule has 6 rings (SSSR count). The summed E-state index contributed by atoms with van der Waals surface area (Å²) in [7, 11) is -2.95. The van der Waals surface area contributed by atoms with Crippen molar-refractivity contribution in [3.63, 3.8) is 0 Å². The normalized spacial score (nSPS) is 14.6. The van der Waals surface area contributed by atoms with Crippen LogP contribution in [0.5, 0.6) is 0 Å². The summed E-state index contributed by atoms with van der Waals surface area (Å²) in [6.07, 6.45) is 4.21. The van der Waals surface area contributed by atoms with Crippen LogP contribution in [0.1, 0.15) is 32.3 Å². The average molecular weight is 513 g/mol. The van der Waals surface area contributed by atoms with Crippen LogP contribution >= 0.6 is 29.8 Å². The molecule has 4 heterocycles. The van der Waals surface area contributed by atoms with E-state index in [9.17, 15) is 4.57 Å². The van der Waals surface area contributed by atoms with E-state index in [1.54, 1.807) is 22.7 Å². The molecular weight excluding hydrogens is 485 g/mol. The summed E-state index contributed by atoms with van der Waals surface area (Å²) in [5.41, 5.74) is 4.40. The molecule has 0 bridgehead atoms. The van der Waals surface area contributed by atoms with E-state index in [1.807, 2.05) is 35.0 Å². The molecule has 0 amide bonds. The second-order valence-electron chi connectivity index (χ2n) is 9.12. The topological polar surface area (TPSA) is 20.9 Å². The lowest BCUT2D eigenvalue weighted by Gasteiger charge is -2.35. The van der Waals surface area contributed by atoms with E-state index in [0.717, 1.165) is 44.1 Å². The minimum absolute atomic E-state index is 0.181. The van der Waals surface area contributed by atoms with Gasteiger partial charge in [0.05, 0.1) is 14.8 Å². The summed E-state index contributed by atoms with van der Waals surface area (Å²) in [4.78, 5) is 0. The van der Waals surface area contributed by atoms with E-state index in [2.05, 4.69) is 79.7 Å². The maximum Gasteiger partial charge on any atom is 0.214 e. The molecule has 0 radical (unpaired) electrons. The second kappa shape index (κ2) is 8.41. The minimum atomic E-state index is -2.95. The van der Waals surface area contributed by atoms with Crippen molar-refractivity contribution >= 4 is 60.7 Å². The molecule has 0 unspecified atom stereocenters. The Labute approximate surface area is 214 Å². The summed E-state index contributed by atoms with van der Waals surface area (Å²) in [6.45, 7) is 9.14. The Kier molecular flexibility index (Phi) is 5.45. The largest absolute Gasteiger partial charge is 0.307 e. The van der Waals surface area contributed by atoms with E-state index < -0.39 is 7.14 Å². The van der Waals surface area contributed by atoms with Gasteiger partial charge < -0.3 is 4.57 Å². The van der Waals surface area contributed by atoms with Crippen LogP contribution in [-0.2, 0) is 10.1 Å². The molecule has 35 heavy (non-hydrogen) atoms. The summed E-state index contributed by atoms with van der Waals surface area (Å²) < 4.78 is 19.2. The fourth-order valence-electron chi connectivity index (χ4n) is 5.62. The van der Waals surface area contributed by atoms with Crippen molar-refractivity contribution in [1.29, 1.82) is 0 Å². The van der Waals surface area contributed by atoms with E-state index in [1.165, 1.54) is 16.5 Å². The Balaban J connectivity index is 1.66. The third kappa shape index (κ3) is 3.20. The summed E-state index contributed by atoms with van der Waals surface area (Å²) in [5.74, 6) is 0. The Morgan fingerprint density at radius 1 is 0.829 bits per heavy atom. The van der Waals surface area contributed by atoms with Crippen molar-refractivity contribution < 1.29 is 9.13 Å². The molecule has 0 saturated carbocycles. The number of aromatic nitrogens is 1. The van der Waals surface area contributed by atoms with Gasteiger partial charge in [-0.25, -0.2) is 0 Å². The van der Waals surface area contributed by atoms with Crippen molar-refractivity contribution in [3.8, 4) is 11.3 Å². The summed E-state index contributed by atoms with van der Waals surface area (Å²) in [6, 6.07) is 25.3. The summed E-state index contributed by atoms with van der Waals surface area (Å²) in [5, 5.41) is 7.35. The second-order valence-corrected chi connectivity index (χ2v) is 14.3. The van der Waals surface area contributed by atoms with Crippen LogP contribution in [0.25, 0.3) is 27.6 Å². The third-order valence-corrected chi connectivity index (χ3v) is 13.7.